The zero-order chi connectivity index (χ0) is 15.0. The average molecular weight is 337 g/mol. The van der Waals surface area contributed by atoms with Crippen LogP contribution in [0.3, 0.4) is 0 Å². The van der Waals surface area contributed by atoms with E-state index in [1.54, 1.807) is 11.8 Å². The predicted molar refractivity (Wildman–Crippen MR) is 84.0 cm³/mol. The van der Waals surface area contributed by atoms with Crippen LogP contribution < -0.4 is 10.6 Å². The van der Waals surface area contributed by atoms with Gasteiger partial charge in [-0.3, -0.25) is 0 Å². The summed E-state index contributed by atoms with van der Waals surface area (Å²) in [5, 5.41) is 14.1. The summed E-state index contributed by atoms with van der Waals surface area (Å²) in [6.07, 6.45) is 2.98. The number of urea groups is 1. The fourth-order valence-electron chi connectivity index (χ4n) is 1.49. The number of carboxylic acids is 1. The first-order chi connectivity index (χ1) is 9.52. The van der Waals surface area contributed by atoms with Crippen LogP contribution in [0, 0.1) is 0 Å². The molecule has 0 spiro atoms. The third-order valence-corrected chi connectivity index (χ3v) is 4.43. The molecular weight excluding hydrogens is 320 g/mol. The summed E-state index contributed by atoms with van der Waals surface area (Å²) in [5.74, 6) is -0.329. The fraction of sp³-hybridized carbons (Fsp3) is 0.500. The first kappa shape index (κ1) is 17.1. The topological polar surface area (TPSA) is 78.4 Å². The second-order valence-electron chi connectivity index (χ2n) is 4.03. The summed E-state index contributed by atoms with van der Waals surface area (Å²) in [7, 11) is 0. The molecule has 1 aromatic rings. The molecule has 0 aliphatic rings. The Morgan fingerprint density at radius 3 is 2.80 bits per heavy atom. The van der Waals surface area contributed by atoms with Crippen molar-refractivity contribution in [1.82, 2.24) is 10.6 Å². The van der Waals surface area contributed by atoms with Gasteiger partial charge in [-0.25, -0.2) is 9.59 Å². The lowest BCUT2D eigenvalue weighted by atomic mass is 10.2. The molecule has 1 aromatic heterocycles. The molecule has 1 rings (SSSR count). The van der Waals surface area contributed by atoms with Crippen molar-refractivity contribution in [2.45, 2.75) is 18.9 Å². The average Bonchev–Trinajstić information content (AvgIpc) is 2.80. The molecule has 0 fully saturated rings. The quantitative estimate of drug-likeness (QED) is 0.681. The Morgan fingerprint density at radius 1 is 1.50 bits per heavy atom. The van der Waals surface area contributed by atoms with Crippen LogP contribution in [0.1, 0.15) is 11.3 Å². The normalized spacial score (nSPS) is 11.9. The maximum absolute atomic E-state index is 11.6. The molecule has 0 bridgehead atoms. The molecule has 3 N–H and O–H groups in total. The fourth-order valence-corrected chi connectivity index (χ4v) is 3.05. The molecular formula is C12H17ClN2O3S2. The third-order valence-electron chi connectivity index (χ3n) is 2.50. The number of halogens is 1. The minimum atomic E-state index is -1.01. The highest BCUT2D eigenvalue weighted by Gasteiger charge is 2.18. The second kappa shape index (κ2) is 9.10. The predicted octanol–water partition coefficient (Wildman–Crippen LogP) is 2.45. The molecule has 5 nitrogen and oxygen atoms in total. The van der Waals surface area contributed by atoms with Gasteiger partial charge < -0.3 is 15.7 Å². The van der Waals surface area contributed by atoms with E-state index in [4.69, 9.17) is 16.7 Å². The molecule has 8 heteroatoms. The highest BCUT2D eigenvalue weighted by molar-refractivity contribution is 7.98. The second-order valence-corrected chi connectivity index (χ2v) is 6.81. The van der Waals surface area contributed by atoms with Gasteiger partial charge in [-0.1, -0.05) is 11.6 Å². The smallest absolute Gasteiger partial charge is 0.326 e. The molecule has 0 radical (unpaired) electrons. The van der Waals surface area contributed by atoms with Crippen molar-refractivity contribution in [2.75, 3.05) is 18.6 Å². The summed E-state index contributed by atoms with van der Waals surface area (Å²) >= 11 is 8.82. The van der Waals surface area contributed by atoms with Gasteiger partial charge in [0.25, 0.3) is 0 Å². The van der Waals surface area contributed by atoms with E-state index >= 15 is 0 Å². The van der Waals surface area contributed by atoms with Gasteiger partial charge in [0.15, 0.2) is 0 Å². The molecule has 0 aliphatic heterocycles. The lowest BCUT2D eigenvalue weighted by Gasteiger charge is -2.14. The van der Waals surface area contributed by atoms with E-state index in [9.17, 15) is 9.59 Å². The number of amides is 2. The van der Waals surface area contributed by atoms with Gasteiger partial charge in [0.05, 0.1) is 4.34 Å². The number of hydrogen-bond donors (Lipinski definition) is 3. The summed E-state index contributed by atoms with van der Waals surface area (Å²) in [6.45, 7) is 0.442. The minimum absolute atomic E-state index is 0.407. The Bertz CT molecular complexity index is 454. The van der Waals surface area contributed by atoms with Crippen LogP contribution in [-0.2, 0) is 11.2 Å². The maximum atomic E-state index is 11.6. The van der Waals surface area contributed by atoms with Crippen molar-refractivity contribution in [2.24, 2.45) is 0 Å². The summed E-state index contributed by atoms with van der Waals surface area (Å²) in [6, 6.07) is 2.41. The van der Waals surface area contributed by atoms with Crippen LogP contribution in [0.5, 0.6) is 0 Å². The van der Waals surface area contributed by atoms with Crippen molar-refractivity contribution >= 4 is 46.7 Å². The van der Waals surface area contributed by atoms with Gasteiger partial charge in [0, 0.05) is 11.4 Å². The number of thiophene rings is 1. The van der Waals surface area contributed by atoms with Gasteiger partial charge in [-0.05, 0) is 37.0 Å². The third kappa shape index (κ3) is 6.49. The van der Waals surface area contributed by atoms with Gasteiger partial charge in [0.2, 0.25) is 0 Å². The highest BCUT2D eigenvalue weighted by atomic mass is 35.5. The molecule has 1 atom stereocenters. The zero-order valence-corrected chi connectivity index (χ0v) is 13.4. The minimum Gasteiger partial charge on any atom is -0.480 e. The van der Waals surface area contributed by atoms with Crippen molar-refractivity contribution in [3.05, 3.63) is 21.3 Å². The Morgan fingerprint density at radius 2 is 2.25 bits per heavy atom. The summed E-state index contributed by atoms with van der Waals surface area (Å²) < 4.78 is 0.715. The Kier molecular flexibility index (Phi) is 7.79. The summed E-state index contributed by atoms with van der Waals surface area (Å²) in [4.78, 5) is 23.7. The van der Waals surface area contributed by atoms with E-state index < -0.39 is 18.0 Å². The van der Waals surface area contributed by atoms with Crippen molar-refractivity contribution < 1.29 is 14.7 Å². The molecule has 1 heterocycles. The number of hydrogen-bond acceptors (Lipinski definition) is 4. The number of nitrogens with one attached hydrogen (secondary N) is 2. The number of carbonyl (C=O) groups is 2. The van der Waals surface area contributed by atoms with Crippen LogP contribution in [-0.4, -0.2) is 41.7 Å². The largest absolute Gasteiger partial charge is 0.480 e. The monoisotopic (exact) mass is 336 g/mol. The van der Waals surface area contributed by atoms with Crippen LogP contribution in [0.15, 0.2) is 12.1 Å². The zero-order valence-electron chi connectivity index (χ0n) is 11.0. The van der Waals surface area contributed by atoms with Crippen LogP contribution >= 0.6 is 34.7 Å². The molecule has 112 valence electrons. The van der Waals surface area contributed by atoms with Crippen molar-refractivity contribution in [1.29, 1.82) is 0 Å². The van der Waals surface area contributed by atoms with Gasteiger partial charge >= 0.3 is 12.0 Å². The van der Waals surface area contributed by atoms with Crippen LogP contribution in [0.2, 0.25) is 4.34 Å². The van der Waals surface area contributed by atoms with E-state index in [0.717, 1.165) is 4.88 Å². The van der Waals surface area contributed by atoms with E-state index in [1.807, 2.05) is 18.4 Å². The molecule has 0 aliphatic carbocycles. The van der Waals surface area contributed by atoms with Crippen molar-refractivity contribution in [3.8, 4) is 0 Å². The first-order valence-electron chi connectivity index (χ1n) is 6.03. The number of thioether (sulfide) groups is 1. The maximum Gasteiger partial charge on any atom is 0.326 e. The Balaban J connectivity index is 2.28. The Labute approximate surface area is 131 Å². The number of aliphatic carboxylic acids is 1. The molecule has 20 heavy (non-hydrogen) atoms. The molecule has 0 unspecified atom stereocenters. The number of carbonyl (C=O) groups excluding carboxylic acids is 1. The SMILES string of the molecule is CSCC[C@@H](NC(=O)NCCc1ccc(Cl)s1)C(=O)O. The van der Waals surface area contributed by atoms with Gasteiger partial charge in [0.1, 0.15) is 6.04 Å². The lowest BCUT2D eigenvalue weighted by molar-refractivity contribution is -0.139. The van der Waals surface area contributed by atoms with E-state index in [1.165, 1.54) is 11.3 Å². The molecule has 2 amide bonds. The highest BCUT2D eigenvalue weighted by Crippen LogP contribution is 2.21. The Hall–Kier alpha value is -0.920. The molecule has 0 saturated heterocycles. The molecule has 0 aromatic carbocycles. The van der Waals surface area contributed by atoms with Gasteiger partial charge in [-0.15, -0.1) is 11.3 Å². The summed E-state index contributed by atoms with van der Waals surface area (Å²) in [5.41, 5.74) is 0. The van der Waals surface area contributed by atoms with E-state index in [0.29, 0.717) is 29.5 Å². The van der Waals surface area contributed by atoms with E-state index in [2.05, 4.69) is 10.6 Å². The number of carboxylic acid groups (broad SMARTS) is 1. The van der Waals surface area contributed by atoms with Gasteiger partial charge in [-0.2, -0.15) is 11.8 Å². The number of rotatable bonds is 8. The molecule has 0 saturated carbocycles. The lowest BCUT2D eigenvalue weighted by Crippen LogP contribution is -2.46. The van der Waals surface area contributed by atoms with E-state index in [-0.39, 0.29) is 0 Å². The van der Waals surface area contributed by atoms with Crippen LogP contribution in [0.25, 0.3) is 0 Å². The van der Waals surface area contributed by atoms with Crippen LogP contribution in [0.4, 0.5) is 4.79 Å². The van der Waals surface area contributed by atoms with Crippen molar-refractivity contribution in [3.63, 3.8) is 0 Å². The first-order valence-corrected chi connectivity index (χ1v) is 8.62. The standard InChI is InChI=1S/C12H17ClN2O3S2/c1-19-7-5-9(11(16)17)15-12(18)14-6-4-8-2-3-10(13)20-8/h2-3,9H,4-7H2,1H3,(H,16,17)(H2,14,15,18)/t9-/m1/s1.